The molecule has 0 aromatic carbocycles. The van der Waals surface area contributed by atoms with E-state index in [1.54, 1.807) is 0 Å². The van der Waals surface area contributed by atoms with E-state index < -0.39 is 18.4 Å². The molecule has 2 nitrogen and oxygen atoms in total. The molecule has 1 fully saturated rings. The van der Waals surface area contributed by atoms with Gasteiger partial charge in [-0.15, -0.1) is 0 Å². The summed E-state index contributed by atoms with van der Waals surface area (Å²) >= 11 is -2.16. The van der Waals surface area contributed by atoms with E-state index in [9.17, 15) is 0 Å². The zero-order valence-corrected chi connectivity index (χ0v) is 16.0. The Balaban J connectivity index is 3.01. The molecule has 0 aromatic rings. The van der Waals surface area contributed by atoms with Crippen LogP contribution in [0.5, 0.6) is 0 Å². The van der Waals surface area contributed by atoms with Gasteiger partial charge in [0.05, 0.1) is 0 Å². The van der Waals surface area contributed by atoms with Gasteiger partial charge in [-0.3, -0.25) is 0 Å². The van der Waals surface area contributed by atoms with E-state index in [4.69, 9.17) is 9.31 Å². The Morgan fingerprint density at radius 2 is 1.44 bits per heavy atom. The van der Waals surface area contributed by atoms with Gasteiger partial charge in [0.1, 0.15) is 0 Å². The second-order valence-corrected chi connectivity index (χ2v) is 21.6. The van der Waals surface area contributed by atoms with Crippen molar-refractivity contribution in [3.8, 4) is 0 Å². The van der Waals surface area contributed by atoms with Gasteiger partial charge in [0.15, 0.2) is 0 Å². The third-order valence-corrected chi connectivity index (χ3v) is 10.1. The molecule has 0 N–H and O–H groups in total. The molecule has 1 rings (SSSR count). The minimum atomic E-state index is -2.16. The molecule has 1 aliphatic heterocycles. The van der Waals surface area contributed by atoms with Crippen LogP contribution in [0.3, 0.4) is 0 Å². The van der Waals surface area contributed by atoms with Crippen LogP contribution in [0.1, 0.15) is 34.6 Å². The van der Waals surface area contributed by atoms with Gasteiger partial charge >= 0.3 is 117 Å². The predicted molar refractivity (Wildman–Crippen MR) is 82.3 cm³/mol. The van der Waals surface area contributed by atoms with Crippen LogP contribution in [0.4, 0.5) is 0 Å². The predicted octanol–water partition coefficient (Wildman–Crippen LogP) is 4.00. The minimum absolute atomic E-state index is 0.238. The first-order chi connectivity index (χ1) is 7.87. The van der Waals surface area contributed by atoms with Crippen molar-refractivity contribution in [1.29, 1.82) is 0 Å². The van der Waals surface area contributed by atoms with E-state index in [1.807, 2.05) is 0 Å². The fraction of sp³-hybridized carbons (Fsp3) is 0.714. The van der Waals surface area contributed by atoms with E-state index in [0.29, 0.717) is 0 Å². The van der Waals surface area contributed by atoms with Crippen LogP contribution in [-0.4, -0.2) is 36.7 Å². The summed E-state index contributed by atoms with van der Waals surface area (Å²) in [4.78, 5) is 7.17. The third kappa shape index (κ3) is 3.42. The Morgan fingerprint density at radius 1 is 1.06 bits per heavy atom. The van der Waals surface area contributed by atoms with Gasteiger partial charge in [0.25, 0.3) is 0 Å². The van der Waals surface area contributed by atoms with E-state index in [-0.39, 0.29) is 18.3 Å². The molecule has 1 heterocycles. The van der Waals surface area contributed by atoms with Gasteiger partial charge in [-0.1, -0.05) is 0 Å². The maximum absolute atomic E-state index is 6.03. The van der Waals surface area contributed by atoms with Crippen molar-refractivity contribution in [3.05, 3.63) is 21.7 Å². The second-order valence-electron chi connectivity index (χ2n) is 7.24. The number of hydrogen-bond acceptors (Lipinski definition) is 2. The van der Waals surface area contributed by atoms with Gasteiger partial charge in [-0.05, 0) is 0 Å². The van der Waals surface area contributed by atoms with Crippen molar-refractivity contribution in [2.75, 3.05) is 0 Å². The molecule has 18 heavy (non-hydrogen) atoms. The van der Waals surface area contributed by atoms with Gasteiger partial charge in [0.2, 0.25) is 0 Å². The molecule has 0 bridgehead atoms. The Hall–Kier alpha value is 0.264. The van der Waals surface area contributed by atoms with Crippen LogP contribution in [0.2, 0.25) is 14.8 Å². The average molecular weight is 357 g/mol. The van der Waals surface area contributed by atoms with E-state index in [0.717, 1.165) is 5.57 Å². The molecule has 0 saturated carbocycles. The first-order valence-electron chi connectivity index (χ1n) is 6.61. The van der Waals surface area contributed by atoms with Crippen LogP contribution in [-0.2, 0) is 9.31 Å². The SMILES string of the molecule is C=C(C)/[C](=C/B1OC(C)(C)C(C)(C)O1)[Sn]([CH3])([CH3])[CH3]. The van der Waals surface area contributed by atoms with Gasteiger partial charge in [0, 0.05) is 0 Å². The van der Waals surface area contributed by atoms with Gasteiger partial charge < -0.3 is 0 Å². The molecule has 0 spiro atoms. The average Bonchev–Trinajstić information content (AvgIpc) is 2.29. The van der Waals surface area contributed by atoms with Crippen molar-refractivity contribution < 1.29 is 9.31 Å². The summed E-state index contributed by atoms with van der Waals surface area (Å²) < 4.78 is 13.5. The van der Waals surface area contributed by atoms with E-state index >= 15 is 0 Å². The summed E-state index contributed by atoms with van der Waals surface area (Å²) in [5.74, 6) is 2.16. The molecule has 1 aliphatic rings. The van der Waals surface area contributed by atoms with Crippen molar-refractivity contribution in [2.24, 2.45) is 0 Å². The van der Waals surface area contributed by atoms with Crippen molar-refractivity contribution in [2.45, 2.75) is 60.6 Å². The van der Waals surface area contributed by atoms with E-state index in [2.05, 4.69) is 62.0 Å². The Bertz CT molecular complexity index is 362. The molecular weight excluding hydrogens is 330 g/mol. The molecular formula is C14H27BO2Sn. The Morgan fingerprint density at radius 3 is 1.72 bits per heavy atom. The fourth-order valence-corrected chi connectivity index (χ4v) is 7.59. The molecule has 0 amide bonds. The summed E-state index contributed by atoms with van der Waals surface area (Å²) in [6.45, 7) is 14.5. The van der Waals surface area contributed by atoms with Crippen LogP contribution in [0.15, 0.2) is 21.7 Å². The molecule has 0 radical (unpaired) electrons. The maximum atomic E-state index is 6.03. The topological polar surface area (TPSA) is 18.5 Å². The summed E-state index contributed by atoms with van der Waals surface area (Å²) in [7, 11) is -0.238. The Kier molecular flexibility index (Phi) is 4.52. The first-order valence-corrected chi connectivity index (χ1v) is 16.6. The molecule has 102 valence electrons. The zero-order valence-electron chi connectivity index (χ0n) is 13.2. The molecule has 1 saturated heterocycles. The quantitative estimate of drug-likeness (QED) is 0.562. The Labute approximate surface area is 117 Å². The summed E-state index contributed by atoms with van der Waals surface area (Å²) in [6, 6.07) is 0. The summed E-state index contributed by atoms with van der Waals surface area (Å²) in [5.41, 5.74) is 0.636. The van der Waals surface area contributed by atoms with Crippen molar-refractivity contribution in [3.63, 3.8) is 0 Å². The zero-order chi connectivity index (χ0) is 14.4. The number of hydrogen-bond donors (Lipinski definition) is 0. The molecule has 0 aromatic heterocycles. The molecule has 0 atom stereocenters. The third-order valence-electron chi connectivity index (χ3n) is 3.84. The fourth-order valence-electron chi connectivity index (χ4n) is 2.13. The number of rotatable bonds is 3. The van der Waals surface area contributed by atoms with E-state index in [1.165, 1.54) is 3.59 Å². The van der Waals surface area contributed by atoms with Crippen LogP contribution in [0.25, 0.3) is 0 Å². The normalized spacial score (nSPS) is 23.3. The molecule has 0 unspecified atom stereocenters. The van der Waals surface area contributed by atoms with Crippen LogP contribution >= 0.6 is 0 Å². The summed E-state index contributed by atoms with van der Waals surface area (Å²) in [5, 5.41) is 0. The second kappa shape index (κ2) is 4.99. The molecule has 4 heteroatoms. The summed E-state index contributed by atoms with van der Waals surface area (Å²) in [6.07, 6.45) is 0. The number of allylic oxidation sites excluding steroid dienone is 2. The van der Waals surface area contributed by atoms with Crippen molar-refractivity contribution in [1.82, 2.24) is 0 Å². The monoisotopic (exact) mass is 358 g/mol. The molecule has 0 aliphatic carbocycles. The first kappa shape index (κ1) is 16.3. The van der Waals surface area contributed by atoms with Gasteiger partial charge in [-0.25, -0.2) is 0 Å². The van der Waals surface area contributed by atoms with Crippen molar-refractivity contribution >= 4 is 25.5 Å². The van der Waals surface area contributed by atoms with Gasteiger partial charge in [-0.2, -0.15) is 0 Å². The van der Waals surface area contributed by atoms with Crippen LogP contribution in [0, 0.1) is 0 Å². The standard InChI is InChI=1S/C11H18BO2.3CH3.Sn/c1-9(2)7-8-12-13-10(3,4)11(5,6)14-12;;;;/h8H,1H2,2-6H3;3*1H3;. The van der Waals surface area contributed by atoms with Crippen LogP contribution < -0.4 is 0 Å².